The second kappa shape index (κ2) is 21.9. The van der Waals surface area contributed by atoms with Crippen molar-refractivity contribution in [2.45, 2.75) is 60.3 Å². The number of nitrogens with zero attached hydrogens (tertiary/aromatic N) is 1. The van der Waals surface area contributed by atoms with Crippen molar-refractivity contribution in [2.75, 3.05) is 47.8 Å². The largest absolute Gasteiger partial charge is 0.550 e. The molecule has 0 saturated heterocycles. The molecule has 24 heavy (non-hydrogen) atoms. The fourth-order valence-corrected chi connectivity index (χ4v) is 1.08. The smallest absolute Gasteiger partial charge is 0.0768 e. The van der Waals surface area contributed by atoms with E-state index in [1.807, 2.05) is 0 Å². The molecular formula is C18H42N2O4. The van der Waals surface area contributed by atoms with Gasteiger partial charge in [0.15, 0.2) is 0 Å². The van der Waals surface area contributed by atoms with Gasteiger partial charge in [-0.3, -0.25) is 0 Å². The van der Waals surface area contributed by atoms with Crippen LogP contribution in [0.15, 0.2) is 0 Å². The molecule has 6 nitrogen and oxygen atoms in total. The fraction of sp³-hybridized carbons (Fsp3) is 0.889. The van der Waals surface area contributed by atoms with Crippen molar-refractivity contribution in [2.24, 2.45) is 0 Å². The number of quaternary nitrogens is 2. The summed E-state index contributed by atoms with van der Waals surface area (Å²) in [6, 6.07) is 0. The highest BCUT2D eigenvalue weighted by molar-refractivity contribution is 5.60. The molecule has 0 saturated carbocycles. The molecule has 0 rings (SSSR count). The van der Waals surface area contributed by atoms with Gasteiger partial charge >= 0.3 is 0 Å². The molecule has 148 valence electrons. The molecular weight excluding hydrogens is 308 g/mol. The Kier molecular flexibility index (Phi) is 28.0. The molecule has 0 unspecified atom stereocenters. The van der Waals surface area contributed by atoms with Crippen LogP contribution in [0.2, 0.25) is 0 Å². The lowest BCUT2D eigenvalue weighted by Gasteiger charge is -2.20. The van der Waals surface area contributed by atoms with Crippen LogP contribution in [0.4, 0.5) is 0 Å². The summed E-state index contributed by atoms with van der Waals surface area (Å²) in [4.78, 5) is 19.5. The first kappa shape index (κ1) is 30.7. The summed E-state index contributed by atoms with van der Waals surface area (Å²) in [7, 11) is 8.84. The summed E-state index contributed by atoms with van der Waals surface area (Å²) in [5, 5.41) is 17.8. The number of hydrogen-bond donors (Lipinski definition) is 1. The molecule has 0 atom stereocenters. The molecule has 0 fully saturated rings. The Labute approximate surface area is 150 Å². The van der Waals surface area contributed by atoms with E-state index < -0.39 is 11.9 Å². The molecule has 0 radical (unpaired) electrons. The summed E-state index contributed by atoms with van der Waals surface area (Å²) in [5.41, 5.74) is 0. The number of carboxylic acid groups (broad SMARTS) is 2. The topological polar surface area (TPSA) is 84.7 Å². The van der Waals surface area contributed by atoms with Gasteiger partial charge in [0, 0.05) is 11.9 Å². The van der Waals surface area contributed by atoms with Gasteiger partial charge in [-0.1, -0.05) is 26.7 Å². The fourth-order valence-electron chi connectivity index (χ4n) is 1.08. The van der Waals surface area contributed by atoms with Crippen LogP contribution >= 0.6 is 0 Å². The minimum atomic E-state index is -1.08. The SMILES string of the molecule is CC(=O)[O-].CC(=O)[O-].CCCC[NH+](C)CCCC.CC[N+](C)(C)C. The second-order valence-corrected chi connectivity index (χ2v) is 6.75. The Hall–Kier alpha value is -1.14. The number of rotatable bonds is 7. The molecule has 1 N–H and O–H groups in total. The van der Waals surface area contributed by atoms with Gasteiger partial charge in [-0.2, -0.15) is 0 Å². The Morgan fingerprint density at radius 1 is 0.833 bits per heavy atom. The first-order valence-corrected chi connectivity index (χ1v) is 8.80. The lowest BCUT2D eigenvalue weighted by atomic mass is 10.3. The van der Waals surface area contributed by atoms with Crippen molar-refractivity contribution in [1.29, 1.82) is 0 Å². The monoisotopic (exact) mass is 350 g/mol. The number of nitrogens with one attached hydrogen (secondary N) is 1. The lowest BCUT2D eigenvalue weighted by Crippen LogP contribution is -3.08. The Morgan fingerprint density at radius 3 is 1.17 bits per heavy atom. The number of carbonyl (C=O) groups excluding carboxylic acids is 2. The van der Waals surface area contributed by atoms with E-state index in [0.29, 0.717) is 0 Å². The summed E-state index contributed by atoms with van der Waals surface area (Å²) < 4.78 is 1.07. The molecule has 6 heteroatoms. The molecule has 0 aromatic heterocycles. The Morgan fingerprint density at radius 2 is 1.04 bits per heavy atom. The number of aliphatic carboxylic acids is 2. The third kappa shape index (κ3) is 84.6. The van der Waals surface area contributed by atoms with Crippen molar-refractivity contribution in [3.05, 3.63) is 0 Å². The normalized spacial score (nSPS) is 9.58. The van der Waals surface area contributed by atoms with Crippen molar-refractivity contribution in [1.82, 2.24) is 0 Å². The number of carboxylic acids is 2. The van der Waals surface area contributed by atoms with E-state index in [2.05, 4.69) is 49.0 Å². The van der Waals surface area contributed by atoms with Gasteiger partial charge in [0.1, 0.15) is 0 Å². The maximum Gasteiger partial charge on any atom is 0.0768 e. The quantitative estimate of drug-likeness (QED) is 0.617. The molecule has 0 aliphatic heterocycles. The van der Waals surface area contributed by atoms with Crippen LogP contribution < -0.4 is 15.1 Å². The zero-order chi connectivity index (χ0) is 20.2. The average molecular weight is 351 g/mol. The molecule has 0 amide bonds. The van der Waals surface area contributed by atoms with Crippen LogP contribution in [0.5, 0.6) is 0 Å². The maximum absolute atomic E-state index is 8.89. The maximum atomic E-state index is 8.89. The van der Waals surface area contributed by atoms with Crippen molar-refractivity contribution in [3.8, 4) is 0 Å². The highest BCUT2D eigenvalue weighted by Gasteiger charge is 1.98. The van der Waals surface area contributed by atoms with Gasteiger partial charge in [0.05, 0.1) is 47.8 Å². The zero-order valence-corrected chi connectivity index (χ0v) is 17.5. The third-order valence-corrected chi connectivity index (χ3v) is 2.86. The minimum absolute atomic E-state index is 0.972. The van der Waals surface area contributed by atoms with Crippen LogP contribution in [0, 0.1) is 0 Å². The predicted octanol–water partition coefficient (Wildman–Crippen LogP) is -0.674. The van der Waals surface area contributed by atoms with Crippen LogP contribution in [0.1, 0.15) is 60.3 Å². The van der Waals surface area contributed by atoms with E-state index in [4.69, 9.17) is 19.8 Å². The first-order valence-electron chi connectivity index (χ1n) is 8.80. The number of unbranched alkanes of at least 4 members (excludes halogenated alkanes) is 2. The van der Waals surface area contributed by atoms with Crippen molar-refractivity contribution < 1.29 is 29.2 Å². The third-order valence-electron chi connectivity index (χ3n) is 2.86. The average Bonchev–Trinajstić information content (AvgIpc) is 2.41. The highest BCUT2D eigenvalue weighted by atomic mass is 16.4. The van der Waals surface area contributed by atoms with E-state index in [1.165, 1.54) is 45.3 Å². The van der Waals surface area contributed by atoms with Crippen LogP contribution in [0.25, 0.3) is 0 Å². The summed E-state index contributed by atoms with van der Waals surface area (Å²) in [6.07, 6.45) is 5.44. The number of hydrogen-bond acceptors (Lipinski definition) is 4. The van der Waals surface area contributed by atoms with Crippen LogP contribution in [-0.4, -0.2) is 64.2 Å². The Balaban J connectivity index is -0.000000122. The molecule has 0 aliphatic rings. The molecule has 0 bridgehead atoms. The first-order chi connectivity index (χ1) is 10.8. The molecule has 0 aromatic rings. The zero-order valence-electron chi connectivity index (χ0n) is 17.5. The van der Waals surface area contributed by atoms with Crippen LogP contribution in [0.3, 0.4) is 0 Å². The standard InChI is InChI=1S/C9H21N.C5H14N.2C2H4O2/c1-4-6-8-10(3)9-7-5-2;1-5-6(2,3)4;2*1-2(3)4/h4-9H2,1-3H3;5H2,1-4H3;2*1H3,(H,3,4)/q;+1;;/p-1. The minimum Gasteiger partial charge on any atom is -0.550 e. The van der Waals surface area contributed by atoms with E-state index in [1.54, 1.807) is 4.90 Å². The van der Waals surface area contributed by atoms with Gasteiger partial charge in [0.25, 0.3) is 0 Å². The lowest BCUT2D eigenvalue weighted by molar-refractivity contribution is -0.880. The number of carbonyl (C=O) groups is 2. The van der Waals surface area contributed by atoms with Gasteiger partial charge in [-0.15, -0.1) is 0 Å². The second-order valence-electron chi connectivity index (χ2n) is 6.75. The van der Waals surface area contributed by atoms with E-state index in [-0.39, 0.29) is 0 Å². The highest BCUT2D eigenvalue weighted by Crippen LogP contribution is 1.83. The molecule has 0 heterocycles. The summed E-state index contributed by atoms with van der Waals surface area (Å²) in [6.45, 7) is 12.6. The van der Waals surface area contributed by atoms with Crippen LogP contribution in [-0.2, 0) is 9.59 Å². The van der Waals surface area contributed by atoms with E-state index >= 15 is 0 Å². The predicted molar refractivity (Wildman–Crippen MR) is 96.4 cm³/mol. The molecule has 0 spiro atoms. The van der Waals surface area contributed by atoms with Gasteiger partial charge in [-0.25, -0.2) is 0 Å². The summed E-state index contributed by atoms with van der Waals surface area (Å²) in [5.74, 6) is -2.17. The van der Waals surface area contributed by atoms with Gasteiger partial charge in [0.2, 0.25) is 0 Å². The Bertz CT molecular complexity index is 249. The van der Waals surface area contributed by atoms with Gasteiger partial charge in [-0.05, 0) is 33.6 Å². The van der Waals surface area contributed by atoms with E-state index in [9.17, 15) is 0 Å². The van der Waals surface area contributed by atoms with Crippen molar-refractivity contribution >= 4 is 11.9 Å². The molecule has 0 aromatic carbocycles. The van der Waals surface area contributed by atoms with Gasteiger partial charge < -0.3 is 29.2 Å². The van der Waals surface area contributed by atoms with E-state index in [0.717, 1.165) is 18.3 Å². The van der Waals surface area contributed by atoms with Crippen molar-refractivity contribution in [3.63, 3.8) is 0 Å². The summed E-state index contributed by atoms with van der Waals surface area (Å²) >= 11 is 0. The molecule has 0 aliphatic carbocycles.